The van der Waals surface area contributed by atoms with Crippen LogP contribution in [-0.2, 0) is 9.53 Å². The van der Waals surface area contributed by atoms with E-state index in [1.165, 1.54) is 17.4 Å². The fourth-order valence-corrected chi connectivity index (χ4v) is 4.81. The van der Waals surface area contributed by atoms with E-state index in [1.807, 2.05) is 79.7 Å². The van der Waals surface area contributed by atoms with Gasteiger partial charge in [0.05, 0.1) is 21.8 Å². The van der Waals surface area contributed by atoms with E-state index in [0.717, 1.165) is 16.8 Å². The molecule has 0 saturated carbocycles. The van der Waals surface area contributed by atoms with Gasteiger partial charge in [-0.15, -0.1) is 0 Å². The summed E-state index contributed by atoms with van der Waals surface area (Å²) in [4.78, 5) is 33.7. The number of allylic oxidation sites excluding steroid dienone is 1. The topological polar surface area (TPSA) is 63.9 Å². The highest BCUT2D eigenvalue weighted by Crippen LogP contribution is 2.30. The van der Waals surface area contributed by atoms with E-state index in [2.05, 4.69) is 11.6 Å². The summed E-state index contributed by atoms with van der Waals surface area (Å²) in [7, 11) is 3.97. The SMILES string of the molecule is C=CCOC(=O)C1=C(C)N=c2s/c(=C\c3ccc(N(C)C)cc3)c(=O)n2[C@H]1c1ccccc1. The molecule has 33 heavy (non-hydrogen) atoms. The molecule has 3 aromatic rings. The molecule has 0 unspecified atom stereocenters. The normalized spacial score (nSPS) is 15.6. The van der Waals surface area contributed by atoms with Gasteiger partial charge in [0.1, 0.15) is 6.61 Å². The maximum absolute atomic E-state index is 13.5. The maximum Gasteiger partial charge on any atom is 0.338 e. The van der Waals surface area contributed by atoms with Crippen molar-refractivity contribution >= 4 is 29.1 Å². The molecule has 1 aliphatic rings. The van der Waals surface area contributed by atoms with Gasteiger partial charge in [-0.05, 0) is 36.3 Å². The number of rotatable bonds is 6. The average Bonchev–Trinajstić information content (AvgIpc) is 3.11. The summed E-state index contributed by atoms with van der Waals surface area (Å²) in [5, 5.41) is 0. The third-order valence-corrected chi connectivity index (χ3v) is 6.38. The van der Waals surface area contributed by atoms with Crippen molar-refractivity contribution in [2.45, 2.75) is 13.0 Å². The fraction of sp³-hybridized carbons (Fsp3) is 0.192. The third-order valence-electron chi connectivity index (χ3n) is 5.40. The first kappa shape index (κ1) is 22.5. The standard InChI is InChI=1S/C26H25N3O3S/c1-5-15-32-25(31)22-17(2)27-26-29(23(22)19-9-7-6-8-10-19)24(30)21(33-26)16-18-11-13-20(14-12-18)28(3)4/h5-14,16,23H,1,15H2,2-4H3/b21-16-/t23-/m0/s1. The van der Waals surface area contributed by atoms with Crippen LogP contribution in [0.3, 0.4) is 0 Å². The molecule has 4 rings (SSSR count). The van der Waals surface area contributed by atoms with Crippen molar-refractivity contribution in [3.63, 3.8) is 0 Å². The van der Waals surface area contributed by atoms with E-state index in [0.29, 0.717) is 20.6 Å². The van der Waals surface area contributed by atoms with E-state index in [-0.39, 0.29) is 12.2 Å². The van der Waals surface area contributed by atoms with Gasteiger partial charge in [0.25, 0.3) is 5.56 Å². The molecule has 2 heterocycles. The van der Waals surface area contributed by atoms with Crippen LogP contribution in [-0.4, -0.2) is 31.2 Å². The van der Waals surface area contributed by atoms with Gasteiger partial charge < -0.3 is 9.64 Å². The lowest BCUT2D eigenvalue weighted by atomic mass is 9.96. The molecule has 0 radical (unpaired) electrons. The lowest BCUT2D eigenvalue weighted by molar-refractivity contribution is -0.138. The van der Waals surface area contributed by atoms with E-state index in [4.69, 9.17) is 4.74 Å². The van der Waals surface area contributed by atoms with Crippen LogP contribution in [0.4, 0.5) is 5.69 Å². The molecule has 0 aliphatic carbocycles. The monoisotopic (exact) mass is 459 g/mol. The summed E-state index contributed by atoms with van der Waals surface area (Å²) in [6.07, 6.45) is 3.38. The van der Waals surface area contributed by atoms with Crippen LogP contribution in [0.15, 0.2) is 88.3 Å². The molecule has 1 atom stereocenters. The van der Waals surface area contributed by atoms with E-state index < -0.39 is 12.0 Å². The number of ether oxygens (including phenoxy) is 1. The number of carbonyl (C=O) groups is 1. The van der Waals surface area contributed by atoms with Crippen molar-refractivity contribution in [1.29, 1.82) is 0 Å². The molecule has 0 fully saturated rings. The van der Waals surface area contributed by atoms with Crippen LogP contribution in [0.1, 0.15) is 24.1 Å². The third kappa shape index (κ3) is 4.45. The minimum absolute atomic E-state index is 0.0878. The van der Waals surface area contributed by atoms with Crippen LogP contribution in [0.2, 0.25) is 0 Å². The molecule has 2 aromatic carbocycles. The summed E-state index contributed by atoms with van der Waals surface area (Å²) < 4.78 is 7.49. The average molecular weight is 460 g/mol. The second kappa shape index (κ2) is 9.42. The van der Waals surface area contributed by atoms with Crippen molar-refractivity contribution < 1.29 is 9.53 Å². The molecule has 1 aliphatic heterocycles. The van der Waals surface area contributed by atoms with Crippen molar-refractivity contribution in [2.24, 2.45) is 4.99 Å². The molecular weight excluding hydrogens is 434 g/mol. The first-order valence-electron chi connectivity index (χ1n) is 10.5. The number of carbonyl (C=O) groups excluding carboxylic acids is 1. The number of anilines is 1. The molecule has 6 nitrogen and oxygen atoms in total. The van der Waals surface area contributed by atoms with Gasteiger partial charge in [0.2, 0.25) is 0 Å². The Bertz CT molecular complexity index is 1400. The van der Waals surface area contributed by atoms with Crippen molar-refractivity contribution in [3.05, 3.63) is 109 Å². The predicted octanol–water partition coefficient (Wildman–Crippen LogP) is 3.03. The number of benzene rings is 2. The Kier molecular flexibility index (Phi) is 6.42. The Morgan fingerprint density at radius 3 is 2.52 bits per heavy atom. The summed E-state index contributed by atoms with van der Waals surface area (Å²) in [5.41, 5.74) is 3.53. The van der Waals surface area contributed by atoms with Gasteiger partial charge in [0.15, 0.2) is 4.80 Å². The highest BCUT2D eigenvalue weighted by Gasteiger charge is 2.33. The molecule has 1 aromatic heterocycles. The smallest absolute Gasteiger partial charge is 0.338 e. The van der Waals surface area contributed by atoms with Crippen molar-refractivity contribution in [2.75, 3.05) is 25.6 Å². The fourth-order valence-electron chi connectivity index (χ4n) is 3.77. The Morgan fingerprint density at radius 1 is 1.18 bits per heavy atom. The van der Waals surface area contributed by atoms with Crippen LogP contribution >= 0.6 is 11.3 Å². The number of fused-ring (bicyclic) bond motifs is 1. The number of aromatic nitrogens is 1. The zero-order valence-corrected chi connectivity index (χ0v) is 19.6. The summed E-state index contributed by atoms with van der Waals surface area (Å²) >= 11 is 1.32. The van der Waals surface area contributed by atoms with Crippen LogP contribution in [0, 0.1) is 0 Å². The van der Waals surface area contributed by atoms with Gasteiger partial charge in [0, 0.05) is 19.8 Å². The lowest BCUT2D eigenvalue weighted by Gasteiger charge is -2.24. The van der Waals surface area contributed by atoms with E-state index >= 15 is 0 Å². The quantitative estimate of drug-likeness (QED) is 0.420. The van der Waals surface area contributed by atoms with Crippen LogP contribution < -0.4 is 19.8 Å². The molecule has 0 N–H and O–H groups in total. The number of hydrogen-bond donors (Lipinski definition) is 0. The molecule has 168 valence electrons. The van der Waals surface area contributed by atoms with Gasteiger partial charge in [-0.1, -0.05) is 66.5 Å². The molecular formula is C26H25N3O3S. The summed E-state index contributed by atoms with van der Waals surface area (Å²) in [5.74, 6) is -0.501. The molecule has 0 saturated heterocycles. The molecule has 0 spiro atoms. The van der Waals surface area contributed by atoms with Crippen molar-refractivity contribution in [3.8, 4) is 0 Å². The highest BCUT2D eigenvalue weighted by atomic mass is 32.1. The minimum atomic E-state index is -0.613. The summed E-state index contributed by atoms with van der Waals surface area (Å²) in [6.45, 7) is 5.47. The Morgan fingerprint density at radius 2 is 1.88 bits per heavy atom. The van der Waals surface area contributed by atoms with Crippen LogP contribution in [0.25, 0.3) is 6.08 Å². The van der Waals surface area contributed by atoms with Gasteiger partial charge in [-0.3, -0.25) is 9.36 Å². The summed E-state index contributed by atoms with van der Waals surface area (Å²) in [6, 6.07) is 16.8. The Balaban J connectivity index is 1.87. The second-order valence-corrected chi connectivity index (χ2v) is 8.87. The number of nitrogens with zero attached hydrogens (tertiary/aromatic N) is 3. The van der Waals surface area contributed by atoms with Gasteiger partial charge in [-0.2, -0.15) is 0 Å². The maximum atomic E-state index is 13.5. The molecule has 7 heteroatoms. The first-order valence-corrected chi connectivity index (χ1v) is 11.3. The molecule has 0 amide bonds. The number of hydrogen-bond acceptors (Lipinski definition) is 6. The molecule has 0 bridgehead atoms. The zero-order valence-electron chi connectivity index (χ0n) is 18.8. The lowest BCUT2D eigenvalue weighted by Crippen LogP contribution is -2.39. The second-order valence-electron chi connectivity index (χ2n) is 7.87. The largest absolute Gasteiger partial charge is 0.458 e. The van der Waals surface area contributed by atoms with Gasteiger partial charge in [-0.25, -0.2) is 9.79 Å². The van der Waals surface area contributed by atoms with E-state index in [9.17, 15) is 9.59 Å². The van der Waals surface area contributed by atoms with Crippen LogP contribution in [0.5, 0.6) is 0 Å². The van der Waals surface area contributed by atoms with E-state index in [1.54, 1.807) is 11.5 Å². The Labute approximate surface area is 196 Å². The van der Waals surface area contributed by atoms with Gasteiger partial charge >= 0.3 is 5.97 Å². The number of esters is 1. The highest BCUT2D eigenvalue weighted by molar-refractivity contribution is 7.07. The zero-order chi connectivity index (χ0) is 23.5. The predicted molar refractivity (Wildman–Crippen MR) is 132 cm³/mol. The van der Waals surface area contributed by atoms with Crippen molar-refractivity contribution in [1.82, 2.24) is 4.57 Å². The minimum Gasteiger partial charge on any atom is -0.458 e. The number of thiazole rings is 1. The first-order chi connectivity index (χ1) is 15.9. The Hall–Kier alpha value is -3.71.